The molecule has 0 aliphatic heterocycles. The normalized spacial score (nSPS) is 12.7. The summed E-state index contributed by atoms with van der Waals surface area (Å²) in [6, 6.07) is 3.43. The van der Waals surface area contributed by atoms with Crippen molar-refractivity contribution in [2.24, 2.45) is 5.73 Å². The predicted octanol–water partition coefficient (Wildman–Crippen LogP) is 0.287. The number of ether oxygens (including phenoxy) is 1. The highest BCUT2D eigenvalue weighted by Gasteiger charge is 2.23. The number of H-pyrrole nitrogens is 1. The summed E-state index contributed by atoms with van der Waals surface area (Å²) >= 11 is 1.37. The van der Waals surface area contributed by atoms with Gasteiger partial charge in [0, 0.05) is 35.0 Å². The monoisotopic (exact) mass is 466 g/mol. The Kier molecular flexibility index (Phi) is 9.35. The number of hydrogen-bond donors (Lipinski definition) is 6. The number of methoxy groups -OCH3 is 1. The summed E-state index contributed by atoms with van der Waals surface area (Å²) in [5.41, 5.74) is 7.25. The van der Waals surface area contributed by atoms with Crippen molar-refractivity contribution in [3.63, 3.8) is 0 Å². The average molecular weight is 467 g/mol. The molecule has 12 heteroatoms. The van der Waals surface area contributed by atoms with E-state index in [-0.39, 0.29) is 18.6 Å². The molecule has 0 unspecified atom stereocenters. The number of carbonyl (C=O) groups excluding carboxylic acids is 2. The van der Waals surface area contributed by atoms with Gasteiger partial charge in [-0.3, -0.25) is 19.2 Å². The van der Waals surface area contributed by atoms with E-state index >= 15 is 0 Å². The molecule has 2 amide bonds. The van der Waals surface area contributed by atoms with Gasteiger partial charge in [0.2, 0.25) is 11.8 Å². The summed E-state index contributed by atoms with van der Waals surface area (Å²) < 4.78 is 5.40. The van der Waals surface area contributed by atoms with E-state index in [1.165, 1.54) is 11.8 Å². The molecule has 32 heavy (non-hydrogen) atoms. The minimum atomic E-state index is -1.22. The number of fused-ring (bicyclic) bond motifs is 1. The first kappa shape index (κ1) is 25.0. The van der Waals surface area contributed by atoms with Crippen molar-refractivity contribution in [1.29, 1.82) is 0 Å². The zero-order valence-corrected chi connectivity index (χ0v) is 18.2. The molecule has 0 aliphatic rings. The quantitative estimate of drug-likeness (QED) is 0.241. The Balaban J connectivity index is 2.01. The number of carbonyl (C=O) groups is 4. The number of hydrogen-bond acceptors (Lipinski definition) is 7. The molecule has 0 saturated heterocycles. The highest BCUT2D eigenvalue weighted by molar-refractivity contribution is 7.98. The van der Waals surface area contributed by atoms with E-state index in [0.717, 1.165) is 16.5 Å². The molecule has 0 radical (unpaired) electrons. The topological polar surface area (TPSA) is 184 Å². The Morgan fingerprint density at radius 1 is 1.25 bits per heavy atom. The van der Waals surface area contributed by atoms with Crippen molar-refractivity contribution in [2.75, 3.05) is 19.4 Å². The highest BCUT2D eigenvalue weighted by atomic mass is 32.2. The predicted molar refractivity (Wildman–Crippen MR) is 118 cm³/mol. The number of thioether (sulfide) groups is 1. The molecule has 1 heterocycles. The first-order valence-electron chi connectivity index (χ1n) is 9.70. The molecule has 0 aliphatic carbocycles. The van der Waals surface area contributed by atoms with Crippen LogP contribution in [-0.2, 0) is 24.9 Å². The molecule has 2 atom stereocenters. The third kappa shape index (κ3) is 7.17. The Morgan fingerprint density at radius 2 is 2.00 bits per heavy atom. The molecule has 2 aromatic rings. The molecular formula is C20H26N4O7S. The second kappa shape index (κ2) is 12.0. The van der Waals surface area contributed by atoms with Crippen molar-refractivity contribution in [3.8, 4) is 5.75 Å². The van der Waals surface area contributed by atoms with E-state index < -0.39 is 42.4 Å². The fraction of sp³-hybridized carbons (Fsp3) is 0.400. The summed E-state index contributed by atoms with van der Waals surface area (Å²) in [5, 5.41) is 23.3. The van der Waals surface area contributed by atoms with Crippen molar-refractivity contribution in [2.45, 2.75) is 30.7 Å². The number of nitrogens with two attached hydrogens (primary N) is 1. The number of amides is 2. The first-order valence-corrected chi connectivity index (χ1v) is 10.9. The summed E-state index contributed by atoms with van der Waals surface area (Å²) in [6.45, 7) is -0.584. The van der Waals surface area contributed by atoms with E-state index in [9.17, 15) is 19.2 Å². The van der Waals surface area contributed by atoms with Gasteiger partial charge in [-0.05, 0) is 24.1 Å². The largest absolute Gasteiger partial charge is 0.496 e. The molecule has 7 N–H and O–H groups in total. The van der Waals surface area contributed by atoms with Crippen molar-refractivity contribution in [3.05, 3.63) is 30.0 Å². The average Bonchev–Trinajstić information content (AvgIpc) is 3.18. The molecule has 0 fully saturated rings. The molecular weight excluding hydrogens is 440 g/mol. The molecule has 0 spiro atoms. The highest BCUT2D eigenvalue weighted by Crippen LogP contribution is 2.30. The van der Waals surface area contributed by atoms with Crippen LogP contribution in [0.2, 0.25) is 0 Å². The van der Waals surface area contributed by atoms with Gasteiger partial charge < -0.3 is 36.3 Å². The van der Waals surface area contributed by atoms with Gasteiger partial charge >= 0.3 is 11.9 Å². The number of aromatic amines is 1. The maximum absolute atomic E-state index is 12.4. The second-order valence-corrected chi connectivity index (χ2v) is 7.96. The third-order valence-electron chi connectivity index (χ3n) is 4.58. The third-order valence-corrected chi connectivity index (χ3v) is 5.66. The molecule has 0 bridgehead atoms. The van der Waals surface area contributed by atoms with Crippen LogP contribution in [0, 0.1) is 0 Å². The Morgan fingerprint density at radius 3 is 2.66 bits per heavy atom. The summed E-state index contributed by atoms with van der Waals surface area (Å²) in [7, 11) is 1.58. The van der Waals surface area contributed by atoms with Gasteiger partial charge in [-0.2, -0.15) is 11.8 Å². The molecule has 0 saturated carbocycles. The summed E-state index contributed by atoms with van der Waals surface area (Å²) in [6.07, 6.45) is 1.57. The molecule has 11 nitrogen and oxygen atoms in total. The van der Waals surface area contributed by atoms with Crippen LogP contribution >= 0.6 is 11.8 Å². The standard InChI is InChI=1S/C20H26N4O7S/c1-31-15-4-2-3-13-18(15)11(7-22-13)9-32-10-14(19(28)23-8-17(26)27)24-16(25)6-5-12(21)20(29)30/h2-4,7,12,14,22H,5-6,8-10,21H2,1H3,(H,23,28)(H,24,25)(H,26,27)(H,29,30)/t12-,14-/m0/s1. The fourth-order valence-corrected chi connectivity index (χ4v) is 3.97. The van der Waals surface area contributed by atoms with Crippen molar-refractivity contribution >= 4 is 46.4 Å². The van der Waals surface area contributed by atoms with Crippen LogP contribution in [0.1, 0.15) is 18.4 Å². The van der Waals surface area contributed by atoms with Gasteiger partial charge in [0.1, 0.15) is 24.4 Å². The summed E-state index contributed by atoms with van der Waals surface area (Å²) in [4.78, 5) is 49.3. The number of rotatable bonds is 13. The molecule has 1 aromatic heterocycles. The minimum Gasteiger partial charge on any atom is -0.496 e. The number of aliphatic carboxylic acids is 2. The van der Waals surface area contributed by atoms with E-state index in [2.05, 4.69) is 15.6 Å². The number of carboxylic acids is 2. The van der Waals surface area contributed by atoms with Crippen molar-refractivity contribution in [1.82, 2.24) is 15.6 Å². The lowest BCUT2D eigenvalue weighted by Crippen LogP contribution is -2.49. The van der Waals surface area contributed by atoms with Crippen molar-refractivity contribution < 1.29 is 34.1 Å². The number of benzene rings is 1. The second-order valence-electron chi connectivity index (χ2n) is 6.93. The van der Waals surface area contributed by atoms with Crippen LogP contribution in [0.25, 0.3) is 10.9 Å². The Bertz CT molecular complexity index is 978. The molecule has 2 rings (SSSR count). The Hall–Kier alpha value is -3.25. The summed E-state index contributed by atoms with van der Waals surface area (Å²) in [5.74, 6) is -2.25. The van der Waals surface area contributed by atoms with E-state index in [1.807, 2.05) is 24.4 Å². The van der Waals surface area contributed by atoms with Crippen LogP contribution in [0.4, 0.5) is 0 Å². The zero-order chi connectivity index (χ0) is 23.7. The van der Waals surface area contributed by atoms with Gasteiger partial charge in [-0.15, -0.1) is 0 Å². The van der Waals surface area contributed by atoms with E-state index in [1.54, 1.807) is 7.11 Å². The zero-order valence-electron chi connectivity index (χ0n) is 17.4. The lowest BCUT2D eigenvalue weighted by atomic mass is 10.1. The smallest absolute Gasteiger partial charge is 0.322 e. The van der Waals surface area contributed by atoms with Crippen LogP contribution in [0.15, 0.2) is 24.4 Å². The maximum Gasteiger partial charge on any atom is 0.322 e. The van der Waals surface area contributed by atoms with Crippen LogP contribution in [0.5, 0.6) is 5.75 Å². The first-order chi connectivity index (χ1) is 15.2. The maximum atomic E-state index is 12.4. The fourth-order valence-electron chi connectivity index (χ4n) is 2.94. The number of aromatic nitrogens is 1. The van der Waals surface area contributed by atoms with Gasteiger partial charge in [0.05, 0.1) is 7.11 Å². The Labute approximate surface area is 188 Å². The van der Waals surface area contributed by atoms with Gasteiger partial charge in [-0.1, -0.05) is 6.07 Å². The lowest BCUT2D eigenvalue weighted by molar-refractivity contribution is -0.139. The van der Waals surface area contributed by atoms with Crippen LogP contribution in [-0.4, -0.2) is 70.4 Å². The minimum absolute atomic E-state index is 0.0904. The lowest BCUT2D eigenvalue weighted by Gasteiger charge is -2.18. The van der Waals surface area contributed by atoms with Crippen LogP contribution in [0.3, 0.4) is 0 Å². The van der Waals surface area contributed by atoms with Gasteiger partial charge in [-0.25, -0.2) is 0 Å². The van der Waals surface area contributed by atoms with Crippen LogP contribution < -0.4 is 21.1 Å². The van der Waals surface area contributed by atoms with E-state index in [4.69, 9.17) is 20.7 Å². The van der Waals surface area contributed by atoms with E-state index in [0.29, 0.717) is 11.5 Å². The number of carboxylic acid groups (broad SMARTS) is 2. The molecule has 174 valence electrons. The van der Waals surface area contributed by atoms with Gasteiger partial charge in [0.15, 0.2) is 0 Å². The SMILES string of the molecule is COc1cccc2[nH]cc(CSC[C@H](NC(=O)CC[C@H](N)C(=O)O)C(=O)NCC(=O)O)c12. The molecule has 1 aromatic carbocycles. The number of nitrogens with one attached hydrogen (secondary N) is 3. The van der Waals surface area contributed by atoms with Gasteiger partial charge in [0.25, 0.3) is 0 Å².